The van der Waals surface area contributed by atoms with Crippen LogP contribution in [-0.4, -0.2) is 17.1 Å². The highest BCUT2D eigenvalue weighted by atomic mass is 35.5. The van der Waals surface area contributed by atoms with E-state index < -0.39 is 0 Å². The molecule has 0 atom stereocenters. The summed E-state index contributed by atoms with van der Waals surface area (Å²) >= 11 is 5.96. The first-order valence-corrected chi connectivity index (χ1v) is 5.69. The molecule has 4 heteroatoms. The second kappa shape index (κ2) is 4.90. The van der Waals surface area contributed by atoms with Gasteiger partial charge in [-0.25, -0.2) is 9.97 Å². The van der Waals surface area contributed by atoms with E-state index in [2.05, 4.69) is 9.97 Å². The summed E-state index contributed by atoms with van der Waals surface area (Å²) in [7, 11) is 1.66. The average Bonchev–Trinajstić information content (AvgIpc) is 2.70. The standard InChI is InChI=1S/C11H15ClN2O/c1-15-7-9-6-10(12)14-11(13-9)8-4-2-3-5-8/h6,8H,2-5,7H2,1H3. The predicted molar refractivity (Wildman–Crippen MR) is 59.0 cm³/mol. The van der Waals surface area contributed by atoms with Gasteiger partial charge in [0, 0.05) is 13.0 Å². The molecule has 0 aromatic carbocycles. The third-order valence-corrected chi connectivity index (χ3v) is 2.97. The van der Waals surface area contributed by atoms with Crippen LogP contribution < -0.4 is 0 Å². The lowest BCUT2D eigenvalue weighted by Crippen LogP contribution is -2.04. The fourth-order valence-corrected chi connectivity index (χ4v) is 2.28. The van der Waals surface area contributed by atoms with E-state index in [4.69, 9.17) is 16.3 Å². The first-order valence-electron chi connectivity index (χ1n) is 5.32. The second-order valence-corrected chi connectivity index (χ2v) is 4.34. The van der Waals surface area contributed by atoms with Crippen LogP contribution in [0, 0.1) is 0 Å². The lowest BCUT2D eigenvalue weighted by Gasteiger charge is -2.09. The van der Waals surface area contributed by atoms with Gasteiger partial charge >= 0.3 is 0 Å². The Kier molecular flexibility index (Phi) is 3.54. The lowest BCUT2D eigenvalue weighted by atomic mass is 10.1. The number of hydrogen-bond donors (Lipinski definition) is 0. The van der Waals surface area contributed by atoms with Crippen molar-refractivity contribution in [3.8, 4) is 0 Å². The quantitative estimate of drug-likeness (QED) is 0.744. The fraction of sp³-hybridized carbons (Fsp3) is 0.636. The normalized spacial score (nSPS) is 17.2. The maximum atomic E-state index is 5.96. The van der Waals surface area contributed by atoms with Gasteiger partial charge in [0.05, 0.1) is 12.3 Å². The van der Waals surface area contributed by atoms with Gasteiger partial charge in [0.2, 0.25) is 0 Å². The van der Waals surface area contributed by atoms with Crippen LogP contribution in [0.1, 0.15) is 43.1 Å². The molecule has 0 amide bonds. The largest absolute Gasteiger partial charge is 0.378 e. The molecule has 1 fully saturated rings. The van der Waals surface area contributed by atoms with Crippen LogP contribution in [0.4, 0.5) is 0 Å². The summed E-state index contributed by atoms with van der Waals surface area (Å²) in [6.45, 7) is 0.502. The molecule has 1 aliphatic carbocycles. The number of nitrogens with zero attached hydrogens (tertiary/aromatic N) is 2. The molecular formula is C11H15ClN2O. The molecule has 0 aliphatic heterocycles. The minimum Gasteiger partial charge on any atom is -0.378 e. The molecule has 1 aliphatic rings. The highest BCUT2D eigenvalue weighted by Crippen LogP contribution is 2.32. The maximum absolute atomic E-state index is 5.96. The van der Waals surface area contributed by atoms with Crippen molar-refractivity contribution in [2.45, 2.75) is 38.2 Å². The third kappa shape index (κ3) is 2.67. The molecule has 2 rings (SSSR count). The van der Waals surface area contributed by atoms with Crippen LogP contribution in [0.15, 0.2) is 6.07 Å². The maximum Gasteiger partial charge on any atom is 0.133 e. The monoisotopic (exact) mass is 226 g/mol. The number of hydrogen-bond acceptors (Lipinski definition) is 3. The van der Waals surface area contributed by atoms with Gasteiger partial charge in [0.1, 0.15) is 11.0 Å². The molecular weight excluding hydrogens is 212 g/mol. The molecule has 0 unspecified atom stereocenters. The Hall–Kier alpha value is -0.670. The summed E-state index contributed by atoms with van der Waals surface area (Å²) in [6, 6.07) is 1.77. The average molecular weight is 227 g/mol. The molecule has 1 aromatic rings. The topological polar surface area (TPSA) is 35.0 Å². The van der Waals surface area contributed by atoms with Crippen molar-refractivity contribution >= 4 is 11.6 Å². The van der Waals surface area contributed by atoms with E-state index >= 15 is 0 Å². The van der Waals surface area contributed by atoms with Gasteiger partial charge in [0.25, 0.3) is 0 Å². The van der Waals surface area contributed by atoms with E-state index in [-0.39, 0.29) is 0 Å². The fourth-order valence-electron chi connectivity index (χ4n) is 2.07. The smallest absolute Gasteiger partial charge is 0.133 e. The first-order chi connectivity index (χ1) is 7.29. The molecule has 1 heterocycles. The van der Waals surface area contributed by atoms with Gasteiger partial charge < -0.3 is 4.74 Å². The van der Waals surface area contributed by atoms with E-state index in [1.807, 2.05) is 0 Å². The van der Waals surface area contributed by atoms with Gasteiger partial charge in [-0.3, -0.25) is 0 Å². The molecule has 0 radical (unpaired) electrons. The van der Waals surface area contributed by atoms with Crippen LogP contribution in [0.5, 0.6) is 0 Å². The van der Waals surface area contributed by atoms with E-state index in [0.717, 1.165) is 11.5 Å². The van der Waals surface area contributed by atoms with Gasteiger partial charge in [-0.15, -0.1) is 0 Å². The van der Waals surface area contributed by atoms with Crippen molar-refractivity contribution in [3.63, 3.8) is 0 Å². The van der Waals surface area contributed by atoms with Crippen molar-refractivity contribution in [1.29, 1.82) is 0 Å². The molecule has 15 heavy (non-hydrogen) atoms. The zero-order valence-corrected chi connectivity index (χ0v) is 9.63. The van der Waals surface area contributed by atoms with Crippen molar-refractivity contribution in [1.82, 2.24) is 9.97 Å². The van der Waals surface area contributed by atoms with Crippen LogP contribution >= 0.6 is 11.6 Å². The van der Waals surface area contributed by atoms with Crippen LogP contribution in [-0.2, 0) is 11.3 Å². The molecule has 0 N–H and O–H groups in total. The Labute approximate surface area is 94.8 Å². The Balaban J connectivity index is 2.22. The van der Waals surface area contributed by atoms with Crippen molar-refractivity contribution in [2.24, 2.45) is 0 Å². The molecule has 82 valence electrons. The number of halogens is 1. The molecule has 0 bridgehead atoms. The summed E-state index contributed by atoms with van der Waals surface area (Å²) < 4.78 is 5.05. The number of ether oxygens (including phenoxy) is 1. The van der Waals surface area contributed by atoms with E-state index in [9.17, 15) is 0 Å². The zero-order valence-electron chi connectivity index (χ0n) is 8.87. The molecule has 1 saturated carbocycles. The minimum atomic E-state index is 0.499. The van der Waals surface area contributed by atoms with Crippen molar-refractivity contribution in [3.05, 3.63) is 22.7 Å². The van der Waals surface area contributed by atoms with Gasteiger partial charge in [-0.2, -0.15) is 0 Å². The molecule has 0 saturated heterocycles. The lowest BCUT2D eigenvalue weighted by molar-refractivity contribution is 0.181. The van der Waals surface area contributed by atoms with Crippen molar-refractivity contribution < 1.29 is 4.74 Å². The van der Waals surface area contributed by atoms with Crippen LogP contribution in [0.25, 0.3) is 0 Å². The van der Waals surface area contributed by atoms with Gasteiger partial charge in [0.15, 0.2) is 0 Å². The predicted octanol–water partition coefficient (Wildman–Crippen LogP) is 2.93. The van der Waals surface area contributed by atoms with Gasteiger partial charge in [-0.05, 0) is 18.9 Å². The summed E-state index contributed by atoms with van der Waals surface area (Å²) in [5.41, 5.74) is 0.874. The first kappa shape index (κ1) is 10.8. The Morgan fingerprint density at radius 3 is 2.80 bits per heavy atom. The molecule has 3 nitrogen and oxygen atoms in total. The van der Waals surface area contributed by atoms with E-state index in [1.54, 1.807) is 13.2 Å². The highest BCUT2D eigenvalue weighted by molar-refractivity contribution is 6.29. The van der Waals surface area contributed by atoms with Gasteiger partial charge in [-0.1, -0.05) is 24.4 Å². The second-order valence-electron chi connectivity index (χ2n) is 3.95. The Morgan fingerprint density at radius 1 is 1.40 bits per heavy atom. The summed E-state index contributed by atoms with van der Waals surface area (Å²) in [6.07, 6.45) is 4.93. The number of rotatable bonds is 3. The molecule has 1 aromatic heterocycles. The van der Waals surface area contributed by atoms with Crippen molar-refractivity contribution in [2.75, 3.05) is 7.11 Å². The van der Waals surface area contributed by atoms with Crippen LogP contribution in [0.3, 0.4) is 0 Å². The molecule has 0 spiro atoms. The summed E-state index contributed by atoms with van der Waals surface area (Å²) in [5.74, 6) is 1.39. The Bertz CT molecular complexity index is 337. The number of aromatic nitrogens is 2. The third-order valence-electron chi connectivity index (χ3n) is 2.78. The number of methoxy groups -OCH3 is 1. The van der Waals surface area contributed by atoms with E-state index in [0.29, 0.717) is 17.7 Å². The minimum absolute atomic E-state index is 0.499. The SMILES string of the molecule is COCc1cc(Cl)nc(C2CCCC2)n1. The Morgan fingerprint density at radius 2 is 2.13 bits per heavy atom. The summed E-state index contributed by atoms with van der Waals surface area (Å²) in [5, 5.41) is 0.527. The zero-order chi connectivity index (χ0) is 10.7. The highest BCUT2D eigenvalue weighted by Gasteiger charge is 2.20. The van der Waals surface area contributed by atoms with E-state index in [1.165, 1.54) is 25.7 Å². The summed E-state index contributed by atoms with van der Waals surface area (Å²) in [4.78, 5) is 8.78. The van der Waals surface area contributed by atoms with Crippen LogP contribution in [0.2, 0.25) is 5.15 Å².